The van der Waals surface area contributed by atoms with Gasteiger partial charge >= 0.3 is 0 Å². The average Bonchev–Trinajstić information content (AvgIpc) is 3.47. The Bertz CT molecular complexity index is 588. The number of allylic oxidation sites excluding steroid dienone is 1. The number of halogens is 1. The van der Waals surface area contributed by atoms with E-state index in [-0.39, 0.29) is 19.5 Å². The maximum absolute atomic E-state index is 13.1. The number of rotatable bonds is 11. The molecule has 0 heterocycles. The number of hydrogen-bond donors (Lipinski definition) is 2. The van der Waals surface area contributed by atoms with Gasteiger partial charge in [0.05, 0.1) is 13.3 Å². The van der Waals surface area contributed by atoms with E-state index in [2.05, 4.69) is 45.2 Å². The van der Waals surface area contributed by atoms with E-state index in [9.17, 15) is 4.39 Å². The van der Waals surface area contributed by atoms with Crippen LogP contribution in [0.3, 0.4) is 0 Å². The number of nitrogens with one attached hydrogen (secondary N) is 1. The number of unbranched alkanes of at least 4 members (excludes halogenated alkanes) is 1. The predicted octanol–water partition coefficient (Wildman–Crippen LogP) is 6.25. The van der Waals surface area contributed by atoms with Crippen LogP contribution in [-0.4, -0.2) is 24.0 Å². The Morgan fingerprint density at radius 2 is 2.11 bits per heavy atom. The SMILES string of the molecule is CCC(C)CCC/C=C/C(C)(C)NCO.Cc1ccc(F)c(OCC2CC2)c1.[HH]. The Balaban J connectivity index is 0.000000525. The number of ether oxygens (including phenoxy) is 1. The highest BCUT2D eigenvalue weighted by Gasteiger charge is 2.22. The van der Waals surface area contributed by atoms with Gasteiger partial charge in [0.25, 0.3) is 0 Å². The van der Waals surface area contributed by atoms with Gasteiger partial charge in [0, 0.05) is 6.97 Å². The highest BCUT2D eigenvalue weighted by molar-refractivity contribution is 5.29. The van der Waals surface area contributed by atoms with Crippen LogP contribution in [0.25, 0.3) is 0 Å². The third-order valence-corrected chi connectivity index (χ3v) is 5.09. The second-order valence-electron chi connectivity index (χ2n) is 8.59. The zero-order valence-corrected chi connectivity index (χ0v) is 18.4. The van der Waals surface area contributed by atoms with E-state index < -0.39 is 0 Å². The van der Waals surface area contributed by atoms with Crippen molar-refractivity contribution in [1.29, 1.82) is 0 Å². The summed E-state index contributed by atoms with van der Waals surface area (Å²) < 4.78 is 18.5. The molecule has 0 aliphatic heterocycles. The first kappa shape index (κ1) is 24.6. The van der Waals surface area contributed by atoms with Gasteiger partial charge in [-0.1, -0.05) is 44.9 Å². The number of aliphatic hydroxyl groups is 1. The van der Waals surface area contributed by atoms with Crippen molar-refractivity contribution in [3.8, 4) is 5.75 Å². The fourth-order valence-corrected chi connectivity index (χ4v) is 2.64. The number of aryl methyl sites for hydroxylation is 1. The van der Waals surface area contributed by atoms with Gasteiger partial charge in [0.15, 0.2) is 11.6 Å². The summed E-state index contributed by atoms with van der Waals surface area (Å²) in [7, 11) is 0. The Morgan fingerprint density at radius 3 is 2.71 bits per heavy atom. The van der Waals surface area contributed by atoms with Gasteiger partial charge < -0.3 is 9.84 Å². The summed E-state index contributed by atoms with van der Waals surface area (Å²) in [6, 6.07) is 4.95. The normalized spacial score (nSPS) is 15.2. The van der Waals surface area contributed by atoms with Crippen molar-refractivity contribution in [3.05, 3.63) is 41.7 Å². The van der Waals surface area contributed by atoms with Gasteiger partial charge in [-0.3, -0.25) is 5.32 Å². The summed E-state index contributed by atoms with van der Waals surface area (Å²) in [5.74, 6) is 1.65. The molecule has 1 aliphatic carbocycles. The van der Waals surface area contributed by atoms with E-state index in [4.69, 9.17) is 9.84 Å². The van der Waals surface area contributed by atoms with E-state index in [1.807, 2.05) is 6.92 Å². The van der Waals surface area contributed by atoms with Crippen LogP contribution in [0.5, 0.6) is 5.75 Å². The summed E-state index contributed by atoms with van der Waals surface area (Å²) in [4.78, 5) is 0. The van der Waals surface area contributed by atoms with E-state index in [1.165, 1.54) is 38.2 Å². The minimum absolute atomic E-state index is 0. The fourth-order valence-electron chi connectivity index (χ4n) is 2.64. The lowest BCUT2D eigenvalue weighted by atomic mass is 10.00. The molecule has 1 atom stereocenters. The molecule has 1 aromatic rings. The highest BCUT2D eigenvalue weighted by atomic mass is 19.1. The average molecular weight is 396 g/mol. The first-order valence-corrected chi connectivity index (χ1v) is 10.7. The molecule has 28 heavy (non-hydrogen) atoms. The minimum Gasteiger partial charge on any atom is -0.490 e. The van der Waals surface area contributed by atoms with Crippen molar-refractivity contribution in [3.63, 3.8) is 0 Å². The van der Waals surface area contributed by atoms with E-state index >= 15 is 0 Å². The standard InChI is InChI=1S/C13H27NO.C11H13FO.H2/c1-5-12(2)9-7-6-8-10-13(3,4)14-11-15;1-8-2-5-10(12)11(6-8)13-7-9-3-4-9;/h8,10,12,14-15H,5-7,9,11H2,1-4H3;2,5-6,9H,3-4,7H2,1H3;1H/b10-8+;;. The lowest BCUT2D eigenvalue weighted by Crippen LogP contribution is -2.37. The van der Waals surface area contributed by atoms with Crippen LogP contribution in [0.2, 0.25) is 0 Å². The molecule has 1 fully saturated rings. The quantitative estimate of drug-likeness (QED) is 0.264. The van der Waals surface area contributed by atoms with Gasteiger partial charge in [-0.05, 0) is 76.0 Å². The van der Waals surface area contributed by atoms with Gasteiger partial charge in [0.2, 0.25) is 0 Å². The molecule has 1 aromatic carbocycles. The lowest BCUT2D eigenvalue weighted by molar-refractivity contribution is 0.228. The van der Waals surface area contributed by atoms with Crippen LogP contribution in [-0.2, 0) is 0 Å². The molecule has 0 bridgehead atoms. The first-order valence-electron chi connectivity index (χ1n) is 10.7. The molecular formula is C24H42FNO2. The van der Waals surface area contributed by atoms with Gasteiger partial charge in [-0.25, -0.2) is 4.39 Å². The highest BCUT2D eigenvalue weighted by Crippen LogP contribution is 2.30. The van der Waals surface area contributed by atoms with Crippen LogP contribution in [0, 0.1) is 24.6 Å². The Morgan fingerprint density at radius 1 is 1.39 bits per heavy atom. The molecule has 2 rings (SSSR count). The van der Waals surface area contributed by atoms with E-state index in [0.717, 1.165) is 17.9 Å². The second-order valence-corrected chi connectivity index (χ2v) is 8.59. The molecular weight excluding hydrogens is 353 g/mol. The van der Waals surface area contributed by atoms with Crippen molar-refractivity contribution in [2.24, 2.45) is 11.8 Å². The first-order chi connectivity index (χ1) is 13.3. The van der Waals surface area contributed by atoms with Crippen molar-refractivity contribution in [2.75, 3.05) is 13.3 Å². The van der Waals surface area contributed by atoms with Gasteiger partial charge in [-0.15, -0.1) is 0 Å². The molecule has 1 aliphatic rings. The molecule has 1 saturated carbocycles. The van der Waals surface area contributed by atoms with E-state index in [1.54, 1.807) is 12.1 Å². The van der Waals surface area contributed by atoms with Gasteiger partial charge in [0.1, 0.15) is 0 Å². The maximum atomic E-state index is 13.1. The second kappa shape index (κ2) is 12.9. The molecule has 0 spiro atoms. The largest absolute Gasteiger partial charge is 0.490 e. The van der Waals surface area contributed by atoms with Crippen molar-refractivity contribution in [2.45, 2.75) is 78.7 Å². The van der Waals surface area contributed by atoms with Gasteiger partial charge in [-0.2, -0.15) is 0 Å². The molecule has 0 aromatic heterocycles. The molecule has 4 heteroatoms. The fraction of sp³-hybridized carbons (Fsp3) is 0.667. The third kappa shape index (κ3) is 11.5. The zero-order valence-electron chi connectivity index (χ0n) is 18.4. The van der Waals surface area contributed by atoms with Crippen LogP contribution in [0.15, 0.2) is 30.4 Å². The Hall–Kier alpha value is -1.39. The van der Waals surface area contributed by atoms with Crippen LogP contribution < -0.4 is 10.1 Å². The Kier molecular flexibility index (Phi) is 11.4. The summed E-state index contributed by atoms with van der Waals surface area (Å²) in [5, 5.41) is 11.8. The minimum atomic E-state index is -0.258. The smallest absolute Gasteiger partial charge is 0.165 e. The zero-order chi connectivity index (χ0) is 21.0. The number of aliphatic hydroxyl groups excluding tert-OH is 1. The van der Waals surface area contributed by atoms with Crippen molar-refractivity contribution < 1.29 is 15.7 Å². The molecule has 2 N–H and O–H groups in total. The molecule has 0 radical (unpaired) electrons. The summed E-state index contributed by atoms with van der Waals surface area (Å²) in [6.07, 6.45) is 11.8. The van der Waals surface area contributed by atoms with Crippen LogP contribution in [0.4, 0.5) is 4.39 Å². The maximum Gasteiger partial charge on any atom is 0.165 e. The van der Waals surface area contributed by atoms with Crippen molar-refractivity contribution in [1.82, 2.24) is 5.32 Å². The number of benzene rings is 1. The predicted molar refractivity (Wildman–Crippen MR) is 118 cm³/mol. The summed E-state index contributed by atoms with van der Waals surface area (Å²) in [5.41, 5.74) is 0.942. The lowest BCUT2D eigenvalue weighted by Gasteiger charge is -2.20. The number of hydrogen-bond acceptors (Lipinski definition) is 3. The monoisotopic (exact) mass is 395 g/mol. The van der Waals surface area contributed by atoms with Crippen molar-refractivity contribution >= 4 is 0 Å². The topological polar surface area (TPSA) is 41.5 Å². The molecule has 0 amide bonds. The molecule has 1 unspecified atom stereocenters. The molecule has 3 nitrogen and oxygen atoms in total. The van der Waals surface area contributed by atoms with E-state index in [0.29, 0.717) is 18.3 Å². The van der Waals surface area contributed by atoms with Crippen LogP contribution in [0.1, 0.15) is 73.2 Å². The Labute approximate surface area is 172 Å². The third-order valence-electron chi connectivity index (χ3n) is 5.09. The summed E-state index contributed by atoms with van der Waals surface area (Å²) in [6.45, 7) is 11.3. The van der Waals surface area contributed by atoms with Crippen LogP contribution >= 0.6 is 0 Å². The summed E-state index contributed by atoms with van der Waals surface area (Å²) >= 11 is 0. The molecule has 0 saturated heterocycles. The molecule has 162 valence electrons.